The SMILES string of the molecule is COc1cc(C(=O)N(C)CCN2CC(Oc3ccc(-c4ccnc5cc(-c6ncc(C(=O)N(C)C)cc6OC)oc45)cc3C#N)C2)cnc1-c1cc2nccc(Cl)c2o1. The summed E-state index contributed by atoms with van der Waals surface area (Å²) in [5.74, 6) is 1.68. The summed E-state index contributed by atoms with van der Waals surface area (Å²) in [6.07, 6.45) is 6.13. The molecule has 6 aromatic heterocycles. The zero-order valence-electron chi connectivity index (χ0n) is 32.7. The van der Waals surface area contributed by atoms with Crippen LogP contribution in [-0.4, -0.2) is 114 Å². The number of carbonyl (C=O) groups is 2. The maximum absolute atomic E-state index is 13.4. The number of pyridine rings is 4. The Morgan fingerprint density at radius 1 is 0.814 bits per heavy atom. The largest absolute Gasteiger partial charge is 0.494 e. The minimum Gasteiger partial charge on any atom is -0.494 e. The fraction of sp³-hybridized carbons (Fsp3) is 0.233. The van der Waals surface area contributed by atoms with Crippen molar-refractivity contribution in [2.75, 3.05) is 61.5 Å². The van der Waals surface area contributed by atoms with Gasteiger partial charge in [-0.15, -0.1) is 0 Å². The molecule has 0 atom stereocenters. The Morgan fingerprint density at radius 3 is 2.03 bits per heavy atom. The Hall–Kier alpha value is -7.02. The lowest BCUT2D eigenvalue weighted by Crippen LogP contribution is -2.55. The van der Waals surface area contributed by atoms with E-state index >= 15 is 0 Å². The van der Waals surface area contributed by atoms with Crippen LogP contribution in [-0.2, 0) is 0 Å². The third-order valence-corrected chi connectivity index (χ3v) is 10.3. The van der Waals surface area contributed by atoms with Crippen LogP contribution in [0.2, 0.25) is 5.02 Å². The molecule has 1 aliphatic rings. The lowest BCUT2D eigenvalue weighted by atomic mass is 10.0. The first-order valence-electron chi connectivity index (χ1n) is 18.5. The maximum Gasteiger partial charge on any atom is 0.255 e. The van der Waals surface area contributed by atoms with E-state index in [2.05, 4.69) is 30.9 Å². The van der Waals surface area contributed by atoms with E-state index in [0.717, 1.165) is 11.1 Å². The Morgan fingerprint density at radius 2 is 1.42 bits per heavy atom. The number of ether oxygens (including phenoxy) is 3. The standard InChI is InChI=1S/C43H37ClN8O7/c1-50(2)42(53)26-15-34(55-4)38(48-20-26)36-17-31-40(58-36)29(8-10-46-31)24-6-7-33(25(14-24)19-45)57-28-22-52(23-28)13-12-51(3)43(54)27-16-35(56-5)39(49-21-27)37-18-32-41(59-37)30(44)9-11-47-32/h6-11,14-18,20-21,28H,12-13,22-23H2,1-5H3. The lowest BCUT2D eigenvalue weighted by Gasteiger charge is -2.39. The number of hydrogen-bond acceptors (Lipinski definition) is 13. The van der Waals surface area contributed by atoms with Gasteiger partial charge in [0.15, 0.2) is 22.7 Å². The Balaban J connectivity index is 0.890. The molecule has 2 amide bonds. The quantitative estimate of drug-likeness (QED) is 0.126. The van der Waals surface area contributed by atoms with Crippen LogP contribution < -0.4 is 14.2 Å². The normalized spacial score (nSPS) is 12.9. The molecule has 0 aliphatic carbocycles. The van der Waals surface area contributed by atoms with Gasteiger partial charge in [-0.2, -0.15) is 5.26 Å². The molecule has 0 radical (unpaired) electrons. The number of likely N-dealkylation sites (tertiary alicyclic amines) is 1. The number of likely N-dealkylation sites (N-methyl/N-ethyl adjacent to an activating group) is 1. The third-order valence-electron chi connectivity index (χ3n) is 10.0. The molecule has 7 heterocycles. The van der Waals surface area contributed by atoms with E-state index in [9.17, 15) is 14.9 Å². The van der Waals surface area contributed by atoms with Gasteiger partial charge in [-0.1, -0.05) is 17.7 Å². The Bertz CT molecular complexity index is 2790. The summed E-state index contributed by atoms with van der Waals surface area (Å²) in [4.78, 5) is 48.9. The number of amides is 2. The van der Waals surface area contributed by atoms with Gasteiger partial charge >= 0.3 is 0 Å². The number of nitrogens with zero attached hydrogens (tertiary/aromatic N) is 8. The highest BCUT2D eigenvalue weighted by Gasteiger charge is 2.30. The third kappa shape index (κ3) is 7.59. The van der Waals surface area contributed by atoms with Crippen molar-refractivity contribution in [2.45, 2.75) is 6.10 Å². The fourth-order valence-corrected chi connectivity index (χ4v) is 7.02. The molecule has 0 spiro atoms. The van der Waals surface area contributed by atoms with Crippen LogP contribution in [0.1, 0.15) is 26.3 Å². The second-order valence-corrected chi connectivity index (χ2v) is 14.5. The number of rotatable bonds is 12. The van der Waals surface area contributed by atoms with E-state index in [1.807, 2.05) is 12.1 Å². The van der Waals surface area contributed by atoms with Crippen LogP contribution in [0.25, 0.3) is 56.2 Å². The molecule has 16 heteroatoms. The number of methoxy groups -OCH3 is 2. The monoisotopic (exact) mass is 812 g/mol. The van der Waals surface area contributed by atoms with E-state index in [1.54, 1.807) is 80.9 Å². The summed E-state index contributed by atoms with van der Waals surface area (Å²) in [5.41, 5.74) is 5.61. The fourth-order valence-electron chi connectivity index (χ4n) is 6.83. The first-order valence-corrected chi connectivity index (χ1v) is 18.8. The van der Waals surface area contributed by atoms with Crippen LogP contribution in [0.4, 0.5) is 0 Å². The summed E-state index contributed by atoms with van der Waals surface area (Å²) in [5, 5.41) is 10.5. The lowest BCUT2D eigenvalue weighted by molar-refractivity contribution is 0.0156. The second kappa shape index (κ2) is 16.1. The molecule has 298 valence electrons. The van der Waals surface area contributed by atoms with Gasteiger partial charge in [0.1, 0.15) is 51.8 Å². The van der Waals surface area contributed by atoms with Crippen molar-refractivity contribution in [1.29, 1.82) is 5.26 Å². The zero-order chi connectivity index (χ0) is 41.4. The number of hydrogen-bond donors (Lipinski definition) is 0. The zero-order valence-corrected chi connectivity index (χ0v) is 33.5. The predicted octanol–water partition coefficient (Wildman–Crippen LogP) is 6.84. The first-order chi connectivity index (χ1) is 28.5. The molecule has 59 heavy (non-hydrogen) atoms. The molecule has 8 rings (SSSR count). The Labute approximate surface area is 343 Å². The van der Waals surface area contributed by atoms with Crippen molar-refractivity contribution in [2.24, 2.45) is 0 Å². The molecule has 1 fully saturated rings. The van der Waals surface area contributed by atoms with E-state index in [0.29, 0.717) is 110 Å². The van der Waals surface area contributed by atoms with E-state index in [4.69, 9.17) is 34.6 Å². The van der Waals surface area contributed by atoms with E-state index in [-0.39, 0.29) is 17.9 Å². The Kier molecular flexibility index (Phi) is 10.6. The number of benzene rings is 1. The first kappa shape index (κ1) is 38.8. The summed E-state index contributed by atoms with van der Waals surface area (Å²) >= 11 is 6.26. The molecular formula is C43H37ClN8O7. The second-order valence-electron chi connectivity index (χ2n) is 14.1. The highest BCUT2D eigenvalue weighted by atomic mass is 35.5. The van der Waals surface area contributed by atoms with Gasteiger partial charge in [-0.05, 0) is 42.0 Å². The minimum absolute atomic E-state index is 0.125. The van der Waals surface area contributed by atoms with Crippen molar-refractivity contribution in [3.8, 4) is 57.4 Å². The number of nitriles is 1. The summed E-state index contributed by atoms with van der Waals surface area (Å²) in [6.45, 7) is 2.37. The molecule has 0 bridgehead atoms. The number of aromatic nitrogens is 4. The van der Waals surface area contributed by atoms with E-state index in [1.165, 1.54) is 31.5 Å². The molecule has 0 N–H and O–H groups in total. The maximum atomic E-state index is 13.4. The van der Waals surface area contributed by atoms with Crippen molar-refractivity contribution in [1.82, 2.24) is 34.6 Å². The molecule has 15 nitrogen and oxygen atoms in total. The van der Waals surface area contributed by atoms with Crippen LogP contribution >= 0.6 is 11.6 Å². The molecule has 1 aliphatic heterocycles. The molecule has 0 unspecified atom stereocenters. The number of carbonyl (C=O) groups excluding carboxylic acids is 2. The van der Waals surface area contributed by atoms with Crippen LogP contribution in [0, 0.1) is 11.3 Å². The molecular weight excluding hydrogens is 776 g/mol. The van der Waals surface area contributed by atoms with Crippen molar-refractivity contribution in [3.63, 3.8) is 0 Å². The van der Waals surface area contributed by atoms with Crippen LogP contribution in [0.15, 0.2) is 88.2 Å². The number of fused-ring (bicyclic) bond motifs is 2. The summed E-state index contributed by atoms with van der Waals surface area (Å²) in [6, 6.07) is 17.9. The van der Waals surface area contributed by atoms with Gasteiger partial charge in [-0.25, -0.2) is 9.97 Å². The van der Waals surface area contributed by atoms with Gasteiger partial charge in [0.2, 0.25) is 0 Å². The van der Waals surface area contributed by atoms with E-state index < -0.39 is 0 Å². The number of furan rings is 2. The average molecular weight is 813 g/mol. The highest BCUT2D eigenvalue weighted by Crippen LogP contribution is 2.38. The smallest absolute Gasteiger partial charge is 0.255 e. The average Bonchev–Trinajstić information content (AvgIpc) is 3.89. The topological polar surface area (TPSA) is 173 Å². The van der Waals surface area contributed by atoms with Crippen LogP contribution in [0.3, 0.4) is 0 Å². The van der Waals surface area contributed by atoms with Crippen LogP contribution in [0.5, 0.6) is 17.2 Å². The molecule has 1 saturated heterocycles. The molecule has 7 aromatic rings. The molecule has 0 saturated carbocycles. The summed E-state index contributed by atoms with van der Waals surface area (Å²) in [7, 11) is 8.09. The van der Waals surface area contributed by atoms with Crippen molar-refractivity contribution < 1.29 is 32.6 Å². The van der Waals surface area contributed by atoms with Gasteiger partial charge in [0.05, 0.1) is 35.9 Å². The van der Waals surface area contributed by atoms with Gasteiger partial charge in [0.25, 0.3) is 11.8 Å². The van der Waals surface area contributed by atoms with Gasteiger partial charge < -0.3 is 32.8 Å². The highest BCUT2D eigenvalue weighted by molar-refractivity contribution is 6.34. The summed E-state index contributed by atoms with van der Waals surface area (Å²) < 4.78 is 29.6. The van der Waals surface area contributed by atoms with Crippen molar-refractivity contribution >= 4 is 45.6 Å². The van der Waals surface area contributed by atoms with Gasteiger partial charge in [0, 0.05) is 89.8 Å². The minimum atomic E-state index is -0.204. The molecule has 1 aromatic carbocycles. The predicted molar refractivity (Wildman–Crippen MR) is 219 cm³/mol. The van der Waals surface area contributed by atoms with Crippen molar-refractivity contribution in [3.05, 3.63) is 101 Å². The van der Waals surface area contributed by atoms with Gasteiger partial charge in [-0.3, -0.25) is 24.5 Å². The number of halogens is 1.